The summed E-state index contributed by atoms with van der Waals surface area (Å²) in [5, 5.41) is 0. The SMILES string of the molecule is COC(=O)/C=C/c1cccc(N(Cc2ccc3c(c2OC)OC(C)(C)C=C3)C(=O)C2CC2)c1. The van der Waals surface area contributed by atoms with Crippen LogP contribution in [-0.2, 0) is 20.9 Å². The molecule has 172 valence electrons. The van der Waals surface area contributed by atoms with Crippen molar-refractivity contribution in [3.8, 4) is 11.5 Å². The van der Waals surface area contributed by atoms with Crippen LogP contribution in [0.1, 0.15) is 43.4 Å². The molecular weight excluding hydrogens is 418 g/mol. The monoisotopic (exact) mass is 447 g/mol. The van der Waals surface area contributed by atoms with Gasteiger partial charge < -0.3 is 19.1 Å². The highest BCUT2D eigenvalue weighted by Gasteiger charge is 2.35. The van der Waals surface area contributed by atoms with Crippen LogP contribution in [0.3, 0.4) is 0 Å². The number of carbonyl (C=O) groups excluding carboxylic acids is 2. The number of anilines is 1. The molecule has 2 aliphatic rings. The van der Waals surface area contributed by atoms with Crippen LogP contribution in [-0.4, -0.2) is 31.7 Å². The average Bonchev–Trinajstić information content (AvgIpc) is 3.65. The Morgan fingerprint density at radius 3 is 2.67 bits per heavy atom. The van der Waals surface area contributed by atoms with Gasteiger partial charge in [-0.05, 0) is 56.5 Å². The number of esters is 1. The molecule has 0 saturated heterocycles. The first kappa shape index (κ1) is 22.6. The molecule has 2 aromatic carbocycles. The zero-order valence-corrected chi connectivity index (χ0v) is 19.5. The summed E-state index contributed by atoms with van der Waals surface area (Å²) in [6.45, 7) is 4.34. The first-order valence-electron chi connectivity index (χ1n) is 11.1. The Labute approximate surface area is 194 Å². The molecule has 0 radical (unpaired) electrons. The van der Waals surface area contributed by atoms with E-state index in [-0.39, 0.29) is 11.8 Å². The van der Waals surface area contributed by atoms with E-state index in [9.17, 15) is 9.59 Å². The Balaban J connectivity index is 1.69. The fourth-order valence-electron chi connectivity index (χ4n) is 3.84. The number of rotatable bonds is 7. The number of fused-ring (bicyclic) bond motifs is 1. The van der Waals surface area contributed by atoms with Crippen LogP contribution < -0.4 is 14.4 Å². The van der Waals surface area contributed by atoms with E-state index in [4.69, 9.17) is 9.47 Å². The maximum Gasteiger partial charge on any atom is 0.330 e. The van der Waals surface area contributed by atoms with Gasteiger partial charge in [0.2, 0.25) is 5.91 Å². The van der Waals surface area contributed by atoms with Gasteiger partial charge in [0.15, 0.2) is 11.5 Å². The Morgan fingerprint density at radius 1 is 1.18 bits per heavy atom. The lowest BCUT2D eigenvalue weighted by molar-refractivity contribution is -0.134. The fraction of sp³-hybridized carbons (Fsp3) is 0.333. The van der Waals surface area contributed by atoms with E-state index in [1.165, 1.54) is 13.2 Å². The fourth-order valence-corrected chi connectivity index (χ4v) is 3.84. The Hall–Kier alpha value is -3.54. The standard InChI is InChI=1S/C27H29NO5/c1-27(2)15-14-19-9-12-21(24(32-4)25(19)33-27)17-28(26(30)20-10-11-20)22-7-5-6-18(16-22)8-13-23(29)31-3/h5-9,12-16,20H,10-11,17H2,1-4H3/b13-8+. The van der Waals surface area contributed by atoms with Gasteiger partial charge in [0.25, 0.3) is 0 Å². The lowest BCUT2D eigenvalue weighted by Crippen LogP contribution is -2.32. The molecule has 33 heavy (non-hydrogen) atoms. The highest BCUT2D eigenvalue weighted by Crippen LogP contribution is 2.42. The molecule has 1 aliphatic carbocycles. The van der Waals surface area contributed by atoms with Gasteiger partial charge in [-0.2, -0.15) is 0 Å². The smallest absolute Gasteiger partial charge is 0.330 e. The molecule has 0 bridgehead atoms. The lowest BCUT2D eigenvalue weighted by Gasteiger charge is -2.31. The summed E-state index contributed by atoms with van der Waals surface area (Å²) in [7, 11) is 2.96. The van der Waals surface area contributed by atoms with E-state index in [1.54, 1.807) is 18.1 Å². The minimum absolute atomic E-state index is 0.0426. The van der Waals surface area contributed by atoms with Crippen LogP contribution in [0.5, 0.6) is 11.5 Å². The molecule has 1 saturated carbocycles. The minimum atomic E-state index is -0.442. The van der Waals surface area contributed by atoms with Crippen molar-refractivity contribution in [2.24, 2.45) is 5.92 Å². The number of ether oxygens (including phenoxy) is 3. The van der Waals surface area contributed by atoms with Crippen LogP contribution in [0.25, 0.3) is 12.2 Å². The van der Waals surface area contributed by atoms with Crippen LogP contribution in [0.4, 0.5) is 5.69 Å². The van der Waals surface area contributed by atoms with Gasteiger partial charge >= 0.3 is 5.97 Å². The predicted molar refractivity (Wildman–Crippen MR) is 128 cm³/mol. The first-order chi connectivity index (χ1) is 15.8. The van der Waals surface area contributed by atoms with Gasteiger partial charge in [0, 0.05) is 28.8 Å². The van der Waals surface area contributed by atoms with Crippen molar-refractivity contribution in [3.63, 3.8) is 0 Å². The van der Waals surface area contributed by atoms with Crippen LogP contribution in [0.15, 0.2) is 48.6 Å². The molecule has 1 amide bonds. The maximum absolute atomic E-state index is 13.3. The number of nitrogens with zero attached hydrogens (tertiary/aromatic N) is 1. The third-order valence-corrected chi connectivity index (χ3v) is 5.77. The van der Waals surface area contributed by atoms with Crippen molar-refractivity contribution in [3.05, 3.63) is 65.2 Å². The second-order valence-electron chi connectivity index (χ2n) is 8.87. The topological polar surface area (TPSA) is 65.1 Å². The summed E-state index contributed by atoms with van der Waals surface area (Å²) < 4.78 is 16.6. The molecule has 1 fully saturated rings. The number of hydrogen-bond acceptors (Lipinski definition) is 5. The van der Waals surface area contributed by atoms with Crippen molar-refractivity contribution in [1.29, 1.82) is 0 Å². The summed E-state index contributed by atoms with van der Waals surface area (Å²) in [5.41, 5.74) is 2.94. The van der Waals surface area contributed by atoms with E-state index in [1.807, 2.05) is 62.4 Å². The van der Waals surface area contributed by atoms with Crippen molar-refractivity contribution < 1.29 is 23.8 Å². The third kappa shape index (κ3) is 5.11. The lowest BCUT2D eigenvalue weighted by atomic mass is 9.99. The summed E-state index contributed by atoms with van der Waals surface area (Å²) in [6, 6.07) is 11.5. The molecule has 0 spiro atoms. The maximum atomic E-state index is 13.3. The molecule has 6 nitrogen and oxygen atoms in total. The van der Waals surface area contributed by atoms with Gasteiger partial charge in [0.1, 0.15) is 5.60 Å². The molecule has 0 atom stereocenters. The third-order valence-electron chi connectivity index (χ3n) is 5.77. The van der Waals surface area contributed by atoms with E-state index in [0.717, 1.165) is 35.2 Å². The highest BCUT2D eigenvalue weighted by atomic mass is 16.5. The normalized spacial score (nSPS) is 16.1. The van der Waals surface area contributed by atoms with Crippen molar-refractivity contribution in [1.82, 2.24) is 0 Å². The van der Waals surface area contributed by atoms with E-state index in [0.29, 0.717) is 18.0 Å². The van der Waals surface area contributed by atoms with Gasteiger partial charge in [-0.3, -0.25) is 4.79 Å². The highest BCUT2D eigenvalue weighted by molar-refractivity contribution is 5.97. The second-order valence-corrected chi connectivity index (χ2v) is 8.87. The van der Waals surface area contributed by atoms with E-state index in [2.05, 4.69) is 4.74 Å². The summed E-state index contributed by atoms with van der Waals surface area (Å²) >= 11 is 0. The zero-order valence-electron chi connectivity index (χ0n) is 19.5. The number of hydrogen-bond donors (Lipinski definition) is 0. The number of methoxy groups -OCH3 is 2. The average molecular weight is 448 g/mol. The summed E-state index contributed by atoms with van der Waals surface area (Å²) in [4.78, 5) is 26.5. The van der Waals surface area contributed by atoms with Crippen LogP contribution in [0, 0.1) is 5.92 Å². The number of benzene rings is 2. The van der Waals surface area contributed by atoms with Crippen LogP contribution >= 0.6 is 0 Å². The zero-order chi connectivity index (χ0) is 23.6. The second kappa shape index (κ2) is 9.14. The van der Waals surface area contributed by atoms with Crippen molar-refractivity contribution in [2.45, 2.75) is 38.8 Å². The molecule has 0 unspecified atom stereocenters. The Kier molecular flexibility index (Phi) is 6.27. The predicted octanol–water partition coefficient (Wildman–Crippen LogP) is 5.01. The molecule has 0 aromatic heterocycles. The number of carbonyl (C=O) groups is 2. The van der Waals surface area contributed by atoms with E-state index < -0.39 is 11.6 Å². The Morgan fingerprint density at radius 2 is 1.97 bits per heavy atom. The van der Waals surface area contributed by atoms with Gasteiger partial charge in [0.05, 0.1) is 20.8 Å². The first-order valence-corrected chi connectivity index (χ1v) is 11.1. The van der Waals surface area contributed by atoms with Crippen molar-refractivity contribution >= 4 is 29.7 Å². The molecule has 2 aromatic rings. The Bertz CT molecular complexity index is 1130. The molecule has 1 aliphatic heterocycles. The summed E-state index contributed by atoms with van der Waals surface area (Å²) in [6.07, 6.45) is 8.91. The van der Waals surface area contributed by atoms with E-state index >= 15 is 0 Å². The van der Waals surface area contributed by atoms with Gasteiger partial charge in [-0.1, -0.05) is 30.3 Å². The molecule has 1 heterocycles. The van der Waals surface area contributed by atoms with Gasteiger partial charge in [-0.25, -0.2) is 4.79 Å². The summed E-state index contributed by atoms with van der Waals surface area (Å²) in [5.74, 6) is 1.03. The van der Waals surface area contributed by atoms with Gasteiger partial charge in [-0.15, -0.1) is 0 Å². The number of amides is 1. The van der Waals surface area contributed by atoms with Crippen molar-refractivity contribution in [2.75, 3.05) is 19.1 Å². The molecular formula is C27H29NO5. The molecule has 0 N–H and O–H groups in total. The quantitative estimate of drug-likeness (QED) is 0.441. The molecule has 6 heteroatoms. The molecule has 4 rings (SSSR count). The largest absolute Gasteiger partial charge is 0.492 e. The minimum Gasteiger partial charge on any atom is -0.492 e. The van der Waals surface area contributed by atoms with Crippen LogP contribution in [0.2, 0.25) is 0 Å².